The number of anilines is 1. The number of imidazole rings is 1. The monoisotopic (exact) mass is 336 g/mol. The molecule has 20 heavy (non-hydrogen) atoms. The molecule has 0 bridgehead atoms. The summed E-state index contributed by atoms with van der Waals surface area (Å²) in [5, 5.41) is 0. The zero-order chi connectivity index (χ0) is 14.3. The molecule has 0 amide bonds. The van der Waals surface area contributed by atoms with Crippen LogP contribution < -0.4 is 10.5 Å². The summed E-state index contributed by atoms with van der Waals surface area (Å²) in [6, 6.07) is 8.10. The topological polar surface area (TPSA) is 66.0 Å². The maximum Gasteiger partial charge on any atom is 0.215 e. The van der Waals surface area contributed by atoms with E-state index >= 15 is 0 Å². The number of hydrogen-bond acceptors (Lipinski definition) is 4. The second-order valence-electron chi connectivity index (χ2n) is 4.10. The molecule has 0 saturated carbocycles. The van der Waals surface area contributed by atoms with Crippen molar-refractivity contribution in [3.63, 3.8) is 0 Å². The van der Waals surface area contributed by atoms with Gasteiger partial charge in [-0.25, -0.2) is 9.37 Å². The lowest BCUT2D eigenvalue weighted by atomic mass is 10.3. The number of fused-ring (bicyclic) bond motifs is 1. The highest BCUT2D eigenvalue weighted by molar-refractivity contribution is 9.10. The van der Waals surface area contributed by atoms with E-state index in [-0.39, 0.29) is 11.6 Å². The Labute approximate surface area is 122 Å². The van der Waals surface area contributed by atoms with Gasteiger partial charge in [0.2, 0.25) is 11.8 Å². The summed E-state index contributed by atoms with van der Waals surface area (Å²) in [7, 11) is 1.51. The average Bonchev–Trinajstić information content (AvgIpc) is 2.74. The van der Waals surface area contributed by atoms with Gasteiger partial charge in [-0.15, -0.1) is 0 Å². The summed E-state index contributed by atoms with van der Waals surface area (Å²) in [4.78, 5) is 8.45. The van der Waals surface area contributed by atoms with Crippen LogP contribution >= 0.6 is 15.9 Å². The minimum absolute atomic E-state index is 0.168. The van der Waals surface area contributed by atoms with Crippen LogP contribution in [0.2, 0.25) is 0 Å². The second-order valence-corrected chi connectivity index (χ2v) is 5.01. The number of halogens is 2. The van der Waals surface area contributed by atoms with Crippen molar-refractivity contribution in [2.24, 2.45) is 0 Å². The van der Waals surface area contributed by atoms with Crippen LogP contribution in [0.25, 0.3) is 16.9 Å². The molecule has 2 heterocycles. The van der Waals surface area contributed by atoms with E-state index in [1.807, 2.05) is 0 Å². The number of aromatic nitrogens is 3. The number of rotatable bonds is 2. The zero-order valence-corrected chi connectivity index (χ0v) is 12.1. The van der Waals surface area contributed by atoms with Gasteiger partial charge in [0.15, 0.2) is 5.65 Å². The maximum absolute atomic E-state index is 14.1. The van der Waals surface area contributed by atoms with Crippen LogP contribution in [0.4, 0.5) is 10.3 Å². The Balaban J connectivity index is 2.31. The summed E-state index contributed by atoms with van der Waals surface area (Å²) in [6.45, 7) is 0. The van der Waals surface area contributed by atoms with Crippen molar-refractivity contribution in [1.29, 1.82) is 0 Å². The highest BCUT2D eigenvalue weighted by Crippen LogP contribution is 2.26. The van der Waals surface area contributed by atoms with E-state index in [0.29, 0.717) is 21.5 Å². The van der Waals surface area contributed by atoms with Crippen molar-refractivity contribution in [3.8, 4) is 11.6 Å². The van der Waals surface area contributed by atoms with Crippen LogP contribution in [0, 0.1) is 5.82 Å². The largest absolute Gasteiger partial charge is 0.481 e. The van der Waals surface area contributed by atoms with Crippen molar-refractivity contribution in [2.75, 3.05) is 12.8 Å². The minimum atomic E-state index is -0.421. The Bertz CT molecular complexity index is 802. The molecule has 7 heteroatoms. The van der Waals surface area contributed by atoms with E-state index in [1.54, 1.807) is 24.3 Å². The first-order valence-corrected chi connectivity index (χ1v) is 6.54. The molecular weight excluding hydrogens is 327 g/mol. The number of methoxy groups -OCH3 is 1. The van der Waals surface area contributed by atoms with Gasteiger partial charge in [0.1, 0.15) is 11.3 Å². The molecule has 3 aromatic rings. The van der Waals surface area contributed by atoms with Crippen LogP contribution in [-0.4, -0.2) is 21.6 Å². The Morgan fingerprint density at radius 1 is 1.25 bits per heavy atom. The maximum atomic E-state index is 14.1. The lowest BCUT2D eigenvalue weighted by Crippen LogP contribution is -2.04. The molecule has 3 rings (SSSR count). The molecule has 0 fully saturated rings. The summed E-state index contributed by atoms with van der Waals surface area (Å²) in [5.41, 5.74) is 7.18. The zero-order valence-electron chi connectivity index (χ0n) is 10.5. The van der Waals surface area contributed by atoms with E-state index in [9.17, 15) is 4.39 Å². The SMILES string of the molecule is COc1ccc2nc(N)n(-c3ccc(Br)cc3F)c2n1. The number of nitrogen functional groups attached to an aromatic ring is 1. The highest BCUT2D eigenvalue weighted by atomic mass is 79.9. The standard InChI is InChI=1S/C13H10BrFN4O/c1-20-11-5-3-9-12(18-11)19(13(16)17-9)10-4-2-7(14)6-8(10)15/h2-6H,1H3,(H2,16,17). The lowest BCUT2D eigenvalue weighted by Gasteiger charge is -2.08. The molecule has 0 atom stereocenters. The quantitative estimate of drug-likeness (QED) is 0.781. The predicted octanol–water partition coefficient (Wildman–Crippen LogP) is 2.91. The molecule has 0 aliphatic rings. The molecule has 0 unspecified atom stereocenters. The van der Waals surface area contributed by atoms with Gasteiger partial charge in [0.05, 0.1) is 12.8 Å². The van der Waals surface area contributed by atoms with Crippen LogP contribution in [0.1, 0.15) is 0 Å². The van der Waals surface area contributed by atoms with Gasteiger partial charge in [0.25, 0.3) is 0 Å². The fourth-order valence-electron chi connectivity index (χ4n) is 1.97. The number of nitrogens with zero attached hydrogens (tertiary/aromatic N) is 3. The molecule has 0 aliphatic heterocycles. The molecule has 5 nitrogen and oxygen atoms in total. The van der Waals surface area contributed by atoms with Gasteiger partial charge >= 0.3 is 0 Å². The molecule has 102 valence electrons. The number of nitrogens with two attached hydrogens (primary N) is 1. The molecule has 0 aliphatic carbocycles. The van der Waals surface area contributed by atoms with E-state index in [4.69, 9.17) is 10.5 Å². The molecule has 0 radical (unpaired) electrons. The summed E-state index contributed by atoms with van der Waals surface area (Å²) in [6.07, 6.45) is 0. The third-order valence-electron chi connectivity index (χ3n) is 2.86. The summed E-state index contributed by atoms with van der Waals surface area (Å²) >= 11 is 3.22. The van der Waals surface area contributed by atoms with Gasteiger partial charge in [-0.1, -0.05) is 15.9 Å². The van der Waals surface area contributed by atoms with Gasteiger partial charge in [0, 0.05) is 10.5 Å². The molecule has 2 N–H and O–H groups in total. The van der Waals surface area contributed by atoms with Crippen LogP contribution in [0.15, 0.2) is 34.8 Å². The fraction of sp³-hybridized carbons (Fsp3) is 0.0769. The van der Waals surface area contributed by atoms with Crippen LogP contribution in [0.5, 0.6) is 5.88 Å². The van der Waals surface area contributed by atoms with Crippen molar-refractivity contribution >= 4 is 33.0 Å². The fourth-order valence-corrected chi connectivity index (χ4v) is 2.30. The highest BCUT2D eigenvalue weighted by Gasteiger charge is 2.15. The second kappa shape index (κ2) is 4.75. The van der Waals surface area contributed by atoms with Crippen LogP contribution in [-0.2, 0) is 0 Å². The number of pyridine rings is 1. The van der Waals surface area contributed by atoms with Crippen LogP contribution in [0.3, 0.4) is 0 Å². The van der Waals surface area contributed by atoms with E-state index in [1.165, 1.54) is 17.7 Å². The third-order valence-corrected chi connectivity index (χ3v) is 3.36. The summed E-state index contributed by atoms with van der Waals surface area (Å²) < 4.78 is 21.3. The Kier molecular flexibility index (Phi) is 3.06. The van der Waals surface area contributed by atoms with E-state index < -0.39 is 5.82 Å². The minimum Gasteiger partial charge on any atom is -0.481 e. The Morgan fingerprint density at radius 2 is 2.05 bits per heavy atom. The summed E-state index contributed by atoms with van der Waals surface area (Å²) in [5.74, 6) is 0.160. The van der Waals surface area contributed by atoms with Gasteiger partial charge in [-0.3, -0.25) is 4.57 Å². The molecule has 0 spiro atoms. The molecule has 0 saturated heterocycles. The van der Waals surface area contributed by atoms with Crippen molar-refractivity contribution in [3.05, 3.63) is 40.6 Å². The van der Waals surface area contributed by atoms with Gasteiger partial charge < -0.3 is 10.5 Å². The Hall–Kier alpha value is -2.15. The molecule has 1 aromatic carbocycles. The van der Waals surface area contributed by atoms with Crippen molar-refractivity contribution in [1.82, 2.24) is 14.5 Å². The smallest absolute Gasteiger partial charge is 0.215 e. The average molecular weight is 337 g/mol. The van der Waals surface area contributed by atoms with E-state index in [2.05, 4.69) is 25.9 Å². The number of hydrogen-bond donors (Lipinski definition) is 1. The third kappa shape index (κ3) is 2.00. The van der Waals surface area contributed by atoms with Gasteiger partial charge in [-0.2, -0.15) is 4.98 Å². The first-order chi connectivity index (χ1) is 9.60. The first-order valence-electron chi connectivity index (χ1n) is 5.74. The predicted molar refractivity (Wildman–Crippen MR) is 77.5 cm³/mol. The van der Waals surface area contributed by atoms with Crippen molar-refractivity contribution < 1.29 is 9.13 Å². The number of ether oxygens (including phenoxy) is 1. The van der Waals surface area contributed by atoms with E-state index in [0.717, 1.165) is 0 Å². The first kappa shape index (κ1) is 12.9. The van der Waals surface area contributed by atoms with Crippen molar-refractivity contribution in [2.45, 2.75) is 0 Å². The normalized spacial score (nSPS) is 10.9. The molecule has 2 aromatic heterocycles. The lowest BCUT2D eigenvalue weighted by molar-refractivity contribution is 0.399. The number of benzene rings is 1. The molecular formula is C13H10BrFN4O. The Morgan fingerprint density at radius 3 is 2.75 bits per heavy atom. The van der Waals surface area contributed by atoms with Gasteiger partial charge in [-0.05, 0) is 24.3 Å².